The number of fused-ring (bicyclic) bond motifs is 1. The molecule has 4 saturated heterocycles. The van der Waals surface area contributed by atoms with E-state index in [2.05, 4.69) is 69.1 Å². The number of halogens is 1. The highest BCUT2D eigenvalue weighted by Gasteiger charge is 2.42. The predicted octanol–water partition coefficient (Wildman–Crippen LogP) is 7.57. The number of H-pyrrole nitrogens is 2. The number of hydrogen-bond acceptors (Lipinski definition) is 10. The van der Waals surface area contributed by atoms with Crippen LogP contribution in [0, 0.1) is 11.8 Å². The van der Waals surface area contributed by atoms with Gasteiger partial charge >= 0.3 is 12.2 Å². The van der Waals surface area contributed by atoms with Gasteiger partial charge in [-0.25, -0.2) is 19.6 Å². The van der Waals surface area contributed by atoms with Crippen molar-refractivity contribution in [1.29, 1.82) is 0 Å². The summed E-state index contributed by atoms with van der Waals surface area (Å²) in [6, 6.07) is 18.8. The molecule has 0 spiro atoms. The Bertz CT molecular complexity index is 2520. The first-order chi connectivity index (χ1) is 31.7. The molecule has 5 aromatic rings. The van der Waals surface area contributed by atoms with Gasteiger partial charge in [-0.1, -0.05) is 60.1 Å². The Morgan fingerprint density at radius 1 is 0.662 bits per heavy atom. The zero-order chi connectivity index (χ0) is 45.0. The monoisotopic (exact) mass is 906 g/mol. The third kappa shape index (κ3) is 9.42. The molecule has 16 nitrogen and oxygen atoms in total. The molecule has 4 aliphatic rings. The van der Waals surface area contributed by atoms with Gasteiger partial charge in [0, 0.05) is 50.6 Å². The third-order valence-electron chi connectivity index (χ3n) is 13.5. The minimum absolute atomic E-state index is 0.0347. The normalized spacial score (nSPS) is 20.4. The van der Waals surface area contributed by atoms with Crippen molar-refractivity contribution >= 4 is 46.4 Å². The number of nitrogens with zero attached hydrogens (tertiary/aromatic N) is 4. The van der Waals surface area contributed by atoms with Gasteiger partial charge < -0.3 is 49.3 Å². The number of imidazole rings is 2. The molecule has 0 saturated carbocycles. The van der Waals surface area contributed by atoms with Crippen LogP contribution >= 0.6 is 11.6 Å². The Balaban J connectivity index is 0.875. The zero-order valence-corrected chi connectivity index (χ0v) is 37.4. The van der Waals surface area contributed by atoms with Crippen LogP contribution < -0.4 is 10.6 Å². The van der Waals surface area contributed by atoms with Crippen molar-refractivity contribution in [2.45, 2.75) is 75.5 Å². The summed E-state index contributed by atoms with van der Waals surface area (Å²) in [4.78, 5) is 72.8. The molecule has 342 valence electrons. The summed E-state index contributed by atoms with van der Waals surface area (Å²) < 4.78 is 20.8. The Kier molecular flexibility index (Phi) is 13.4. The highest BCUT2D eigenvalue weighted by molar-refractivity contribution is 6.32. The van der Waals surface area contributed by atoms with Crippen LogP contribution in [0.3, 0.4) is 0 Å². The van der Waals surface area contributed by atoms with Crippen molar-refractivity contribution in [3.8, 4) is 33.6 Å². The third-order valence-corrected chi connectivity index (χ3v) is 13.8. The Morgan fingerprint density at radius 3 is 1.71 bits per heavy atom. The number of methoxy groups -OCH3 is 2. The van der Waals surface area contributed by atoms with Crippen LogP contribution in [0.15, 0.2) is 66.9 Å². The number of carbonyl (C=O) groups excluding carboxylic acids is 4. The molecule has 6 heterocycles. The Morgan fingerprint density at radius 2 is 1.15 bits per heavy atom. The number of aromatic nitrogens is 4. The molecule has 4 atom stereocenters. The van der Waals surface area contributed by atoms with E-state index in [9.17, 15) is 19.2 Å². The summed E-state index contributed by atoms with van der Waals surface area (Å²) in [6.07, 6.45) is 6.42. The summed E-state index contributed by atoms with van der Waals surface area (Å²) in [7, 11) is 2.60. The van der Waals surface area contributed by atoms with Crippen LogP contribution in [-0.4, -0.2) is 120 Å². The number of nitrogens with one attached hydrogen (secondary N) is 4. The predicted molar refractivity (Wildman–Crippen MR) is 243 cm³/mol. The number of hydrogen-bond donors (Lipinski definition) is 4. The minimum atomic E-state index is -0.721. The number of likely N-dealkylation sites (tertiary alicyclic amines) is 2. The van der Waals surface area contributed by atoms with Gasteiger partial charge in [0.2, 0.25) is 11.8 Å². The van der Waals surface area contributed by atoms with Gasteiger partial charge in [0.05, 0.1) is 38.2 Å². The first-order valence-electron chi connectivity index (χ1n) is 22.6. The van der Waals surface area contributed by atoms with Crippen LogP contribution in [0.1, 0.15) is 75.1 Å². The van der Waals surface area contributed by atoms with Gasteiger partial charge in [0.25, 0.3) is 0 Å². The molecule has 4 aliphatic heterocycles. The first-order valence-corrected chi connectivity index (χ1v) is 23.0. The van der Waals surface area contributed by atoms with Crippen LogP contribution in [0.4, 0.5) is 9.59 Å². The second kappa shape index (κ2) is 19.6. The van der Waals surface area contributed by atoms with E-state index in [0.717, 1.165) is 70.2 Å². The lowest BCUT2D eigenvalue weighted by atomic mass is 9.90. The van der Waals surface area contributed by atoms with Crippen molar-refractivity contribution in [2.75, 3.05) is 53.7 Å². The smallest absolute Gasteiger partial charge is 0.407 e. The van der Waals surface area contributed by atoms with Gasteiger partial charge in [-0.2, -0.15) is 0 Å². The van der Waals surface area contributed by atoms with Gasteiger partial charge in [-0.05, 0) is 97.2 Å². The van der Waals surface area contributed by atoms with Crippen molar-refractivity contribution in [2.24, 2.45) is 11.8 Å². The fraction of sp³-hybridized carbons (Fsp3) is 0.458. The maximum absolute atomic E-state index is 14.0. The number of carbonyl (C=O) groups is 4. The van der Waals surface area contributed by atoms with Crippen molar-refractivity contribution in [1.82, 2.24) is 40.4 Å². The van der Waals surface area contributed by atoms with Gasteiger partial charge in [-0.3, -0.25) is 9.59 Å². The second-order valence-electron chi connectivity index (χ2n) is 17.3. The molecule has 65 heavy (non-hydrogen) atoms. The fourth-order valence-electron chi connectivity index (χ4n) is 10.0. The number of ether oxygens (including phenoxy) is 4. The molecule has 0 unspecified atom stereocenters. The largest absolute Gasteiger partial charge is 0.453 e. The summed E-state index contributed by atoms with van der Waals surface area (Å²) in [6.45, 7) is 3.32. The van der Waals surface area contributed by atoms with Gasteiger partial charge in [0.15, 0.2) is 0 Å². The van der Waals surface area contributed by atoms with E-state index in [-0.39, 0.29) is 35.7 Å². The number of amides is 4. The number of alkyl carbamates (subject to hydrolysis) is 2. The van der Waals surface area contributed by atoms with E-state index in [1.165, 1.54) is 14.2 Å². The number of aromatic amines is 2. The quantitative estimate of drug-likeness (QED) is 0.103. The summed E-state index contributed by atoms with van der Waals surface area (Å²) in [5.41, 5.74) is 5.38. The Labute approximate surface area is 382 Å². The van der Waals surface area contributed by atoms with Crippen LogP contribution in [0.25, 0.3) is 44.4 Å². The van der Waals surface area contributed by atoms with Gasteiger partial charge in [-0.15, -0.1) is 0 Å². The minimum Gasteiger partial charge on any atom is -0.453 e. The van der Waals surface area contributed by atoms with E-state index in [1.54, 1.807) is 4.90 Å². The van der Waals surface area contributed by atoms with Crippen LogP contribution in [-0.2, 0) is 28.5 Å². The first kappa shape index (κ1) is 44.2. The molecular formula is C48H55ClN8O8. The molecule has 4 fully saturated rings. The number of rotatable bonds is 11. The van der Waals surface area contributed by atoms with E-state index in [4.69, 9.17) is 40.5 Å². The summed E-state index contributed by atoms with van der Waals surface area (Å²) in [5.74, 6) is 0.973. The topological polar surface area (TPSA) is 193 Å². The maximum atomic E-state index is 14.0. The zero-order valence-electron chi connectivity index (χ0n) is 36.6. The second-order valence-corrected chi connectivity index (χ2v) is 17.7. The Hall–Kier alpha value is -5.97. The lowest BCUT2D eigenvalue weighted by Crippen LogP contribution is -2.53. The summed E-state index contributed by atoms with van der Waals surface area (Å²) in [5, 5.41) is 8.16. The standard InChI is InChI=1S/C48H55ClN8O8/c1-62-47(60)53-40(30-15-21-64-22-16-30)45(58)56-19-3-5-37(56)43-50-27-36(51-43)35-14-13-33-25-32(11-12-34(33)26-35)28-7-9-29(10-8-28)39-42(49)55-44(52-39)38-6-4-20-57(38)46(59)41(54-48(61)63-2)31-17-23-65-24-18-31/h7-14,25-27,30-31,37-38,40-41H,3-6,15-24H2,1-2H3,(H,50,51)(H,52,55)(H,53,60)(H,54,61)/t37-,38-,40-,41-/m0/s1. The lowest BCUT2D eigenvalue weighted by Gasteiger charge is -2.34. The molecule has 0 radical (unpaired) electrons. The maximum Gasteiger partial charge on any atom is 0.407 e. The molecule has 4 N–H and O–H groups in total. The van der Waals surface area contributed by atoms with Crippen LogP contribution in [0.5, 0.6) is 0 Å². The SMILES string of the molecule is COC(=O)N[C@H](C(=O)N1CCC[C@H]1c1ncc(-c2ccc3cc(-c4ccc(-c5nc([C@@H]6CCCN6C(=O)[C@@H](NC(=O)OC)C6CCOCC6)[nH]c5Cl)cc4)ccc3c2)[nH]1)C1CCOCC1. The molecule has 0 bridgehead atoms. The summed E-state index contributed by atoms with van der Waals surface area (Å²) >= 11 is 6.80. The number of benzene rings is 3. The average Bonchev–Trinajstić information content (AvgIpc) is 4.20. The van der Waals surface area contributed by atoms with E-state index in [1.807, 2.05) is 23.2 Å². The van der Waals surface area contributed by atoms with Crippen molar-refractivity contribution in [3.63, 3.8) is 0 Å². The average molecular weight is 907 g/mol. The van der Waals surface area contributed by atoms with Crippen LogP contribution in [0.2, 0.25) is 5.15 Å². The van der Waals surface area contributed by atoms with Gasteiger partial charge in [0.1, 0.15) is 34.6 Å². The molecule has 17 heteroatoms. The van der Waals surface area contributed by atoms with Crippen molar-refractivity contribution in [3.05, 3.63) is 83.7 Å². The highest BCUT2D eigenvalue weighted by atomic mass is 35.5. The fourth-order valence-corrected chi connectivity index (χ4v) is 10.3. The molecule has 0 aliphatic carbocycles. The van der Waals surface area contributed by atoms with E-state index in [0.29, 0.717) is 81.9 Å². The highest BCUT2D eigenvalue weighted by Crippen LogP contribution is 2.38. The van der Waals surface area contributed by atoms with E-state index >= 15 is 0 Å². The van der Waals surface area contributed by atoms with E-state index < -0.39 is 24.3 Å². The lowest BCUT2D eigenvalue weighted by molar-refractivity contribution is -0.137. The molecule has 2 aromatic heterocycles. The molecule has 4 amide bonds. The molecule has 9 rings (SSSR count). The molecular weight excluding hydrogens is 852 g/mol. The van der Waals surface area contributed by atoms with Crippen molar-refractivity contribution < 1.29 is 38.1 Å². The molecule has 3 aromatic carbocycles.